The van der Waals surface area contributed by atoms with Gasteiger partial charge >= 0.3 is 6.03 Å². The Morgan fingerprint density at radius 3 is 2.62 bits per heavy atom. The molecule has 1 aromatic carbocycles. The Hall–Kier alpha value is -1.56. The number of likely N-dealkylation sites (tertiary alicyclic amines) is 1. The van der Waals surface area contributed by atoms with Gasteiger partial charge in [-0.05, 0) is 38.8 Å². The van der Waals surface area contributed by atoms with E-state index in [-0.39, 0.29) is 23.9 Å². The third-order valence-electron chi connectivity index (χ3n) is 3.56. The molecule has 2 rings (SSSR count). The number of carbonyl (C=O) groups is 1. The van der Waals surface area contributed by atoms with Crippen molar-refractivity contribution in [3.63, 3.8) is 0 Å². The van der Waals surface area contributed by atoms with Gasteiger partial charge in [0.2, 0.25) is 0 Å². The minimum absolute atomic E-state index is 0.0114. The molecule has 116 valence electrons. The van der Waals surface area contributed by atoms with E-state index in [0.717, 1.165) is 12.8 Å². The van der Waals surface area contributed by atoms with Gasteiger partial charge in [0.25, 0.3) is 0 Å². The molecular weight excluding hydrogens is 288 g/mol. The fourth-order valence-electron chi connectivity index (χ4n) is 2.58. The van der Waals surface area contributed by atoms with E-state index in [1.54, 1.807) is 35.2 Å². The molecule has 5 nitrogen and oxygen atoms in total. The van der Waals surface area contributed by atoms with E-state index in [2.05, 4.69) is 5.32 Å². The molecule has 1 heterocycles. The first-order valence-electron chi connectivity index (χ1n) is 7.25. The largest absolute Gasteiger partial charge is 0.336 e. The molecule has 6 heteroatoms. The number of sulfone groups is 1. The topological polar surface area (TPSA) is 66.5 Å². The number of urea groups is 1. The summed E-state index contributed by atoms with van der Waals surface area (Å²) in [5.74, 6) is -0.0114. The van der Waals surface area contributed by atoms with Gasteiger partial charge in [-0.2, -0.15) is 0 Å². The third kappa shape index (κ3) is 3.97. The van der Waals surface area contributed by atoms with Crippen LogP contribution < -0.4 is 5.32 Å². The molecule has 0 bridgehead atoms. The van der Waals surface area contributed by atoms with Crippen LogP contribution in [-0.2, 0) is 9.84 Å². The summed E-state index contributed by atoms with van der Waals surface area (Å²) in [4.78, 5) is 14.1. The molecule has 1 saturated heterocycles. The van der Waals surface area contributed by atoms with E-state index in [9.17, 15) is 13.2 Å². The van der Waals surface area contributed by atoms with Gasteiger partial charge in [0, 0.05) is 18.6 Å². The first kappa shape index (κ1) is 15.8. The summed E-state index contributed by atoms with van der Waals surface area (Å²) in [6.07, 6.45) is 1.58. The zero-order valence-corrected chi connectivity index (χ0v) is 13.3. The zero-order chi connectivity index (χ0) is 15.5. The number of carbonyl (C=O) groups excluding carboxylic acids is 1. The molecule has 0 spiro atoms. The third-order valence-corrected chi connectivity index (χ3v) is 5.38. The molecule has 2 amide bonds. The monoisotopic (exact) mass is 310 g/mol. The number of nitrogens with one attached hydrogen (secondary N) is 1. The van der Waals surface area contributed by atoms with Crippen molar-refractivity contribution < 1.29 is 13.2 Å². The normalized spacial score (nSPS) is 19.0. The first-order chi connectivity index (χ1) is 9.90. The van der Waals surface area contributed by atoms with E-state index < -0.39 is 9.84 Å². The minimum Gasteiger partial charge on any atom is -0.336 e. The minimum atomic E-state index is -3.36. The van der Waals surface area contributed by atoms with Crippen LogP contribution in [-0.4, -0.2) is 43.7 Å². The van der Waals surface area contributed by atoms with Crippen LogP contribution in [0.15, 0.2) is 35.2 Å². The Morgan fingerprint density at radius 2 is 2.00 bits per heavy atom. The van der Waals surface area contributed by atoms with Crippen LogP contribution in [0.2, 0.25) is 0 Å². The number of hydrogen-bond acceptors (Lipinski definition) is 3. The van der Waals surface area contributed by atoms with Gasteiger partial charge < -0.3 is 10.2 Å². The number of nitrogens with zero attached hydrogens (tertiary/aromatic N) is 1. The Labute approximate surface area is 126 Å². The summed E-state index contributed by atoms with van der Waals surface area (Å²) < 4.78 is 24.8. The van der Waals surface area contributed by atoms with E-state index in [1.165, 1.54) is 0 Å². The van der Waals surface area contributed by atoms with Crippen molar-refractivity contribution in [3.05, 3.63) is 30.3 Å². The smallest absolute Gasteiger partial charge is 0.317 e. The molecule has 0 saturated carbocycles. The van der Waals surface area contributed by atoms with Crippen molar-refractivity contribution in [1.82, 2.24) is 10.2 Å². The average Bonchev–Trinajstić information content (AvgIpc) is 2.86. The highest BCUT2D eigenvalue weighted by Gasteiger charge is 2.33. The summed E-state index contributed by atoms with van der Waals surface area (Å²) in [5.41, 5.74) is 0. The maximum absolute atomic E-state index is 12.4. The SMILES string of the molecule is CC(C)NC(=O)N1CCCC1CS(=O)(=O)c1ccccc1. The number of benzene rings is 1. The van der Waals surface area contributed by atoms with E-state index in [0.29, 0.717) is 11.4 Å². The quantitative estimate of drug-likeness (QED) is 0.925. The molecule has 1 aromatic rings. The lowest BCUT2D eigenvalue weighted by Gasteiger charge is -2.26. The maximum atomic E-state index is 12.4. The van der Waals surface area contributed by atoms with Gasteiger partial charge in [-0.25, -0.2) is 13.2 Å². The van der Waals surface area contributed by atoms with Crippen molar-refractivity contribution in [2.24, 2.45) is 0 Å². The van der Waals surface area contributed by atoms with Crippen molar-refractivity contribution in [3.8, 4) is 0 Å². The fourth-order valence-corrected chi connectivity index (χ4v) is 4.20. The maximum Gasteiger partial charge on any atom is 0.317 e. The molecule has 21 heavy (non-hydrogen) atoms. The summed E-state index contributed by atoms with van der Waals surface area (Å²) in [5, 5.41) is 2.83. The van der Waals surface area contributed by atoms with Crippen molar-refractivity contribution >= 4 is 15.9 Å². The Balaban J connectivity index is 2.09. The first-order valence-corrected chi connectivity index (χ1v) is 8.90. The lowest BCUT2D eigenvalue weighted by Crippen LogP contribution is -2.47. The van der Waals surface area contributed by atoms with Crippen LogP contribution in [0.25, 0.3) is 0 Å². The van der Waals surface area contributed by atoms with Crippen LogP contribution in [0.5, 0.6) is 0 Å². The predicted molar refractivity (Wildman–Crippen MR) is 81.9 cm³/mol. The summed E-state index contributed by atoms with van der Waals surface area (Å²) in [6, 6.07) is 8.05. The average molecular weight is 310 g/mol. The molecule has 1 aliphatic heterocycles. The Morgan fingerprint density at radius 1 is 1.33 bits per heavy atom. The van der Waals surface area contributed by atoms with Crippen molar-refractivity contribution in [2.45, 2.75) is 43.7 Å². The number of hydrogen-bond donors (Lipinski definition) is 1. The van der Waals surface area contributed by atoms with Gasteiger partial charge in [-0.3, -0.25) is 0 Å². The van der Waals surface area contributed by atoms with Crippen LogP contribution in [0, 0.1) is 0 Å². The molecule has 0 radical (unpaired) electrons. The molecule has 0 aromatic heterocycles. The summed E-state index contributed by atoms with van der Waals surface area (Å²) >= 11 is 0. The molecule has 1 N–H and O–H groups in total. The Kier molecular flexibility index (Phi) is 4.88. The van der Waals surface area contributed by atoms with Crippen molar-refractivity contribution in [2.75, 3.05) is 12.3 Å². The second kappa shape index (κ2) is 6.47. The second-order valence-electron chi connectivity index (χ2n) is 5.69. The van der Waals surface area contributed by atoms with Gasteiger partial charge in [0.05, 0.1) is 10.6 Å². The molecular formula is C15H22N2O3S. The predicted octanol–water partition coefficient (Wildman–Crippen LogP) is 2.04. The van der Waals surface area contributed by atoms with Crippen LogP contribution in [0.4, 0.5) is 4.79 Å². The highest BCUT2D eigenvalue weighted by molar-refractivity contribution is 7.91. The molecule has 1 fully saturated rings. The fraction of sp³-hybridized carbons (Fsp3) is 0.533. The standard InChI is InChI=1S/C15H22N2O3S/c1-12(2)16-15(18)17-10-6-7-13(17)11-21(19,20)14-8-4-3-5-9-14/h3-5,8-9,12-13H,6-7,10-11H2,1-2H3,(H,16,18). The molecule has 1 unspecified atom stereocenters. The number of amides is 2. The van der Waals surface area contributed by atoms with Gasteiger partial charge in [0.1, 0.15) is 0 Å². The van der Waals surface area contributed by atoms with Crippen LogP contribution >= 0.6 is 0 Å². The molecule has 1 aliphatic rings. The van der Waals surface area contributed by atoms with E-state index >= 15 is 0 Å². The summed E-state index contributed by atoms with van der Waals surface area (Å²) in [6.45, 7) is 4.40. The number of rotatable bonds is 4. The van der Waals surface area contributed by atoms with Gasteiger partial charge in [-0.1, -0.05) is 18.2 Å². The molecule has 0 aliphatic carbocycles. The summed E-state index contributed by atoms with van der Waals surface area (Å²) in [7, 11) is -3.36. The van der Waals surface area contributed by atoms with Crippen LogP contribution in [0.3, 0.4) is 0 Å². The lowest BCUT2D eigenvalue weighted by atomic mass is 10.2. The van der Waals surface area contributed by atoms with E-state index in [1.807, 2.05) is 13.8 Å². The zero-order valence-electron chi connectivity index (χ0n) is 12.5. The highest BCUT2D eigenvalue weighted by atomic mass is 32.2. The van der Waals surface area contributed by atoms with Crippen molar-refractivity contribution in [1.29, 1.82) is 0 Å². The second-order valence-corrected chi connectivity index (χ2v) is 7.72. The van der Waals surface area contributed by atoms with Gasteiger partial charge in [0.15, 0.2) is 9.84 Å². The highest BCUT2D eigenvalue weighted by Crippen LogP contribution is 2.22. The van der Waals surface area contributed by atoms with Crippen LogP contribution in [0.1, 0.15) is 26.7 Å². The molecule has 1 atom stereocenters. The Bertz CT molecular complexity index is 584. The van der Waals surface area contributed by atoms with Gasteiger partial charge in [-0.15, -0.1) is 0 Å². The van der Waals surface area contributed by atoms with E-state index in [4.69, 9.17) is 0 Å². The lowest BCUT2D eigenvalue weighted by molar-refractivity contribution is 0.194.